The molecule has 1 N–H and O–H groups in total. The molecule has 1 nitrogen and oxygen atoms in total. The SMILES string of the molecule is OC1CCCC2CC12. The van der Waals surface area contributed by atoms with Crippen LogP contribution in [0.2, 0.25) is 0 Å². The number of hydrogen-bond donors (Lipinski definition) is 1. The van der Waals surface area contributed by atoms with Crippen molar-refractivity contribution in [1.82, 2.24) is 0 Å². The number of rotatable bonds is 0. The lowest BCUT2D eigenvalue weighted by molar-refractivity contribution is 0.116. The van der Waals surface area contributed by atoms with Gasteiger partial charge in [-0.05, 0) is 31.1 Å². The van der Waals surface area contributed by atoms with Crippen LogP contribution in [0.1, 0.15) is 25.7 Å². The van der Waals surface area contributed by atoms with Gasteiger partial charge in [0.25, 0.3) is 0 Å². The molecule has 2 saturated carbocycles. The summed E-state index contributed by atoms with van der Waals surface area (Å²) in [7, 11) is 0. The maximum Gasteiger partial charge on any atom is 0.0571 e. The first-order valence-electron chi connectivity index (χ1n) is 3.56. The van der Waals surface area contributed by atoms with Crippen molar-refractivity contribution in [3.8, 4) is 0 Å². The molecule has 0 aliphatic heterocycles. The van der Waals surface area contributed by atoms with Crippen LogP contribution < -0.4 is 0 Å². The van der Waals surface area contributed by atoms with Crippen molar-refractivity contribution >= 4 is 0 Å². The van der Waals surface area contributed by atoms with Crippen molar-refractivity contribution in [2.75, 3.05) is 0 Å². The fraction of sp³-hybridized carbons (Fsp3) is 1.00. The first-order valence-corrected chi connectivity index (χ1v) is 3.56. The third-order valence-corrected chi connectivity index (χ3v) is 2.55. The Morgan fingerprint density at radius 1 is 1.25 bits per heavy atom. The number of hydrogen-bond acceptors (Lipinski definition) is 1. The summed E-state index contributed by atoms with van der Waals surface area (Å²) >= 11 is 0. The van der Waals surface area contributed by atoms with E-state index in [0.29, 0.717) is 0 Å². The van der Waals surface area contributed by atoms with Gasteiger partial charge in [-0.25, -0.2) is 0 Å². The van der Waals surface area contributed by atoms with Crippen LogP contribution in [0.15, 0.2) is 0 Å². The molecule has 0 saturated heterocycles. The Hall–Kier alpha value is -0.0400. The third kappa shape index (κ3) is 0.576. The molecule has 0 bridgehead atoms. The highest BCUT2D eigenvalue weighted by Gasteiger charge is 2.44. The molecule has 0 aromatic rings. The van der Waals surface area contributed by atoms with E-state index in [9.17, 15) is 5.11 Å². The van der Waals surface area contributed by atoms with Gasteiger partial charge in [0, 0.05) is 0 Å². The molecule has 8 heavy (non-hydrogen) atoms. The number of fused-ring (bicyclic) bond motifs is 1. The predicted molar refractivity (Wildman–Crippen MR) is 31.5 cm³/mol. The third-order valence-electron chi connectivity index (χ3n) is 2.55. The molecular weight excluding hydrogens is 100 g/mol. The van der Waals surface area contributed by atoms with Crippen LogP contribution in [0.5, 0.6) is 0 Å². The lowest BCUT2D eigenvalue weighted by atomic mass is 9.98. The topological polar surface area (TPSA) is 20.2 Å². The standard InChI is InChI=1S/C7H12O/c8-7-3-1-2-5-4-6(5)7/h5-8H,1-4H2. The normalized spacial score (nSPS) is 52.9. The van der Waals surface area contributed by atoms with E-state index in [1.54, 1.807) is 0 Å². The summed E-state index contributed by atoms with van der Waals surface area (Å²) in [5.74, 6) is 1.66. The Morgan fingerprint density at radius 2 is 2.12 bits per heavy atom. The molecule has 0 spiro atoms. The molecule has 3 atom stereocenters. The molecule has 0 amide bonds. The molecule has 2 aliphatic carbocycles. The summed E-state index contributed by atoms with van der Waals surface area (Å²) < 4.78 is 0. The summed E-state index contributed by atoms with van der Waals surface area (Å²) in [5.41, 5.74) is 0. The molecule has 0 aromatic heterocycles. The zero-order valence-corrected chi connectivity index (χ0v) is 5.01. The molecule has 2 rings (SSSR count). The van der Waals surface area contributed by atoms with Crippen LogP contribution in [0.3, 0.4) is 0 Å². The fourth-order valence-electron chi connectivity index (χ4n) is 1.88. The van der Waals surface area contributed by atoms with Gasteiger partial charge in [-0.1, -0.05) is 6.42 Å². The number of aliphatic hydroxyl groups excluding tert-OH is 1. The molecule has 2 aliphatic rings. The summed E-state index contributed by atoms with van der Waals surface area (Å²) in [6.45, 7) is 0. The summed E-state index contributed by atoms with van der Waals surface area (Å²) in [6.07, 6.45) is 5.13. The van der Waals surface area contributed by atoms with E-state index < -0.39 is 0 Å². The fourth-order valence-corrected chi connectivity index (χ4v) is 1.88. The quantitative estimate of drug-likeness (QED) is 0.498. The first kappa shape index (κ1) is 4.80. The van der Waals surface area contributed by atoms with Gasteiger partial charge >= 0.3 is 0 Å². The van der Waals surface area contributed by atoms with Crippen molar-refractivity contribution in [2.45, 2.75) is 31.8 Å². The summed E-state index contributed by atoms with van der Waals surface area (Å²) in [6, 6.07) is 0. The van der Waals surface area contributed by atoms with Crippen LogP contribution in [0, 0.1) is 11.8 Å². The van der Waals surface area contributed by atoms with Crippen molar-refractivity contribution in [3.05, 3.63) is 0 Å². The average molecular weight is 112 g/mol. The van der Waals surface area contributed by atoms with Crippen molar-refractivity contribution in [3.63, 3.8) is 0 Å². The Labute approximate surface area is 49.7 Å². The Bertz CT molecular complexity index is 101. The van der Waals surface area contributed by atoms with Gasteiger partial charge < -0.3 is 5.11 Å². The molecule has 0 radical (unpaired) electrons. The highest BCUT2D eigenvalue weighted by atomic mass is 16.3. The van der Waals surface area contributed by atoms with Crippen molar-refractivity contribution < 1.29 is 5.11 Å². The monoisotopic (exact) mass is 112 g/mol. The van der Waals surface area contributed by atoms with E-state index in [4.69, 9.17) is 0 Å². The van der Waals surface area contributed by atoms with E-state index in [1.165, 1.54) is 19.3 Å². The summed E-state index contributed by atoms with van der Waals surface area (Å²) in [4.78, 5) is 0. The zero-order valence-electron chi connectivity index (χ0n) is 5.01. The Balaban J connectivity index is 1.99. The van der Waals surface area contributed by atoms with Crippen molar-refractivity contribution in [2.24, 2.45) is 11.8 Å². The van der Waals surface area contributed by atoms with Crippen LogP contribution in [-0.2, 0) is 0 Å². The second kappa shape index (κ2) is 1.47. The minimum Gasteiger partial charge on any atom is -0.393 e. The first-order chi connectivity index (χ1) is 3.88. The van der Waals surface area contributed by atoms with Crippen LogP contribution >= 0.6 is 0 Å². The second-order valence-corrected chi connectivity index (χ2v) is 3.16. The number of aliphatic hydroxyl groups is 1. The largest absolute Gasteiger partial charge is 0.393 e. The highest BCUT2D eigenvalue weighted by Crippen LogP contribution is 2.49. The van der Waals surface area contributed by atoms with E-state index in [0.717, 1.165) is 18.3 Å². The minimum atomic E-state index is 0.0775. The lowest BCUT2D eigenvalue weighted by Crippen LogP contribution is -2.14. The maximum atomic E-state index is 9.22. The van der Waals surface area contributed by atoms with Gasteiger partial charge in [-0.15, -0.1) is 0 Å². The van der Waals surface area contributed by atoms with Gasteiger partial charge in [0.2, 0.25) is 0 Å². The van der Waals surface area contributed by atoms with Crippen LogP contribution in [0.25, 0.3) is 0 Å². The van der Waals surface area contributed by atoms with Gasteiger partial charge in [0.1, 0.15) is 0 Å². The molecule has 0 aromatic carbocycles. The minimum absolute atomic E-state index is 0.0775. The van der Waals surface area contributed by atoms with E-state index in [-0.39, 0.29) is 6.10 Å². The van der Waals surface area contributed by atoms with E-state index in [1.807, 2.05) is 0 Å². The summed E-state index contributed by atoms with van der Waals surface area (Å²) in [5, 5.41) is 9.22. The van der Waals surface area contributed by atoms with Gasteiger partial charge in [-0.3, -0.25) is 0 Å². The predicted octanol–water partition coefficient (Wildman–Crippen LogP) is 1.17. The van der Waals surface area contributed by atoms with E-state index >= 15 is 0 Å². The maximum absolute atomic E-state index is 9.22. The van der Waals surface area contributed by atoms with Gasteiger partial charge in [-0.2, -0.15) is 0 Å². The molecule has 46 valence electrons. The Morgan fingerprint density at radius 3 is 2.75 bits per heavy atom. The second-order valence-electron chi connectivity index (χ2n) is 3.16. The lowest BCUT2D eigenvalue weighted by Gasteiger charge is -2.14. The van der Waals surface area contributed by atoms with Crippen molar-refractivity contribution in [1.29, 1.82) is 0 Å². The van der Waals surface area contributed by atoms with Gasteiger partial charge in [0.05, 0.1) is 6.10 Å². The van der Waals surface area contributed by atoms with E-state index in [2.05, 4.69) is 0 Å². The molecule has 0 heterocycles. The zero-order chi connectivity index (χ0) is 5.56. The smallest absolute Gasteiger partial charge is 0.0571 e. The average Bonchev–Trinajstić information content (AvgIpc) is 2.45. The van der Waals surface area contributed by atoms with Crippen LogP contribution in [0.4, 0.5) is 0 Å². The molecule has 1 heteroatoms. The molecule has 3 unspecified atom stereocenters. The Kier molecular flexibility index (Phi) is 0.884. The van der Waals surface area contributed by atoms with Crippen LogP contribution in [-0.4, -0.2) is 11.2 Å². The van der Waals surface area contributed by atoms with Gasteiger partial charge in [0.15, 0.2) is 0 Å². The highest BCUT2D eigenvalue weighted by molar-refractivity contribution is 4.94. The molecule has 2 fully saturated rings. The molecular formula is C7H12O.